The second-order valence-electron chi connectivity index (χ2n) is 4.89. The van der Waals surface area contributed by atoms with E-state index in [4.69, 9.17) is 4.42 Å². The van der Waals surface area contributed by atoms with E-state index in [-0.39, 0.29) is 12.2 Å². The molecule has 5 heteroatoms. The highest BCUT2D eigenvalue weighted by molar-refractivity contribution is 5.95. The van der Waals surface area contributed by atoms with Gasteiger partial charge in [-0.3, -0.25) is 4.79 Å². The summed E-state index contributed by atoms with van der Waals surface area (Å²) in [5, 5.41) is 9.40. The van der Waals surface area contributed by atoms with Gasteiger partial charge in [-0.1, -0.05) is 30.3 Å². The fourth-order valence-electron chi connectivity index (χ4n) is 2.12. The number of benzene rings is 1. The minimum absolute atomic E-state index is 0.178. The van der Waals surface area contributed by atoms with Gasteiger partial charge in [-0.2, -0.15) is 0 Å². The molecule has 2 rings (SSSR count). The van der Waals surface area contributed by atoms with Crippen molar-refractivity contribution in [3.63, 3.8) is 0 Å². The lowest BCUT2D eigenvalue weighted by Crippen LogP contribution is -2.43. The molecular weight excluding hydrogens is 270 g/mol. The standard InChI is InChI=1S/C16H17NO4/c1-11-8-9-21-14(11)15(18)17(2)13(16(19)20)10-12-6-4-3-5-7-12/h3-9,13H,10H2,1-2H3,(H,19,20)/t13-/m1/s1. The maximum absolute atomic E-state index is 12.3. The van der Waals surface area contributed by atoms with Crippen LogP contribution in [0.15, 0.2) is 47.1 Å². The van der Waals surface area contributed by atoms with Crippen molar-refractivity contribution in [2.75, 3.05) is 7.05 Å². The van der Waals surface area contributed by atoms with Crippen LogP contribution < -0.4 is 0 Å². The molecule has 2 aromatic rings. The number of nitrogens with zero attached hydrogens (tertiary/aromatic N) is 1. The zero-order valence-corrected chi connectivity index (χ0v) is 11.9. The van der Waals surface area contributed by atoms with E-state index in [0.29, 0.717) is 5.56 Å². The SMILES string of the molecule is Cc1ccoc1C(=O)N(C)[C@H](Cc1ccccc1)C(=O)O. The summed E-state index contributed by atoms with van der Waals surface area (Å²) in [5.41, 5.74) is 1.55. The van der Waals surface area contributed by atoms with E-state index in [1.165, 1.54) is 18.2 Å². The number of amides is 1. The summed E-state index contributed by atoms with van der Waals surface area (Å²) >= 11 is 0. The summed E-state index contributed by atoms with van der Waals surface area (Å²) in [7, 11) is 1.48. The molecule has 1 N–H and O–H groups in total. The molecule has 0 aliphatic heterocycles. The molecule has 5 nitrogen and oxygen atoms in total. The molecule has 1 amide bonds. The zero-order chi connectivity index (χ0) is 15.4. The summed E-state index contributed by atoms with van der Waals surface area (Å²) in [6, 6.07) is 9.96. The predicted molar refractivity (Wildman–Crippen MR) is 77.1 cm³/mol. The van der Waals surface area contributed by atoms with Crippen LogP contribution in [0.2, 0.25) is 0 Å². The summed E-state index contributed by atoms with van der Waals surface area (Å²) in [6.45, 7) is 1.75. The molecule has 1 atom stereocenters. The highest BCUT2D eigenvalue weighted by Gasteiger charge is 2.29. The molecule has 0 aliphatic carbocycles. The molecular formula is C16H17NO4. The van der Waals surface area contributed by atoms with E-state index < -0.39 is 17.9 Å². The first-order valence-electron chi connectivity index (χ1n) is 6.58. The van der Waals surface area contributed by atoms with Gasteiger partial charge in [0.1, 0.15) is 6.04 Å². The minimum Gasteiger partial charge on any atom is -0.480 e. The van der Waals surface area contributed by atoms with Crippen LogP contribution in [-0.2, 0) is 11.2 Å². The third kappa shape index (κ3) is 3.31. The Kier molecular flexibility index (Phi) is 4.42. The smallest absolute Gasteiger partial charge is 0.326 e. The number of rotatable bonds is 5. The maximum Gasteiger partial charge on any atom is 0.326 e. The fourth-order valence-corrected chi connectivity index (χ4v) is 2.12. The normalized spacial score (nSPS) is 11.9. The Bertz CT molecular complexity index is 633. The van der Waals surface area contributed by atoms with Gasteiger partial charge in [0, 0.05) is 19.0 Å². The Morgan fingerprint density at radius 3 is 2.43 bits per heavy atom. The molecule has 21 heavy (non-hydrogen) atoms. The Morgan fingerprint density at radius 2 is 1.90 bits per heavy atom. The lowest BCUT2D eigenvalue weighted by atomic mass is 10.0. The van der Waals surface area contributed by atoms with E-state index >= 15 is 0 Å². The van der Waals surface area contributed by atoms with Gasteiger partial charge in [0.05, 0.1) is 6.26 Å². The summed E-state index contributed by atoms with van der Waals surface area (Å²) in [4.78, 5) is 25.0. The van der Waals surface area contributed by atoms with Crippen molar-refractivity contribution >= 4 is 11.9 Å². The van der Waals surface area contributed by atoms with E-state index in [2.05, 4.69) is 0 Å². The van der Waals surface area contributed by atoms with E-state index in [0.717, 1.165) is 5.56 Å². The summed E-state index contributed by atoms with van der Waals surface area (Å²) in [5.74, 6) is -1.29. The molecule has 1 heterocycles. The number of aryl methyl sites for hydroxylation is 1. The van der Waals surface area contributed by atoms with E-state index in [1.807, 2.05) is 30.3 Å². The lowest BCUT2D eigenvalue weighted by molar-refractivity contribution is -0.141. The summed E-state index contributed by atoms with van der Waals surface area (Å²) in [6.07, 6.45) is 1.67. The lowest BCUT2D eigenvalue weighted by Gasteiger charge is -2.24. The van der Waals surface area contributed by atoms with Crippen molar-refractivity contribution in [1.82, 2.24) is 4.90 Å². The number of hydrogen-bond donors (Lipinski definition) is 1. The van der Waals surface area contributed by atoms with Crippen molar-refractivity contribution < 1.29 is 19.1 Å². The largest absolute Gasteiger partial charge is 0.480 e. The fraction of sp³-hybridized carbons (Fsp3) is 0.250. The molecule has 0 radical (unpaired) electrons. The molecule has 0 aliphatic rings. The van der Waals surface area contributed by atoms with Crippen LogP contribution in [0.25, 0.3) is 0 Å². The molecule has 0 fully saturated rings. The van der Waals surface area contributed by atoms with Gasteiger partial charge < -0.3 is 14.4 Å². The van der Waals surface area contributed by atoms with Gasteiger partial charge in [-0.15, -0.1) is 0 Å². The number of carboxylic acid groups (broad SMARTS) is 1. The average molecular weight is 287 g/mol. The highest BCUT2D eigenvalue weighted by Crippen LogP contribution is 2.15. The number of aliphatic carboxylic acids is 1. The highest BCUT2D eigenvalue weighted by atomic mass is 16.4. The Labute approximate surface area is 122 Å². The monoisotopic (exact) mass is 287 g/mol. The Balaban J connectivity index is 2.20. The number of carboxylic acids is 1. The first kappa shape index (κ1) is 14.8. The second-order valence-corrected chi connectivity index (χ2v) is 4.89. The Hall–Kier alpha value is -2.56. The van der Waals surface area contributed by atoms with Crippen molar-refractivity contribution in [3.8, 4) is 0 Å². The van der Waals surface area contributed by atoms with Crippen LogP contribution in [0, 0.1) is 6.92 Å². The van der Waals surface area contributed by atoms with Crippen LogP contribution in [0.1, 0.15) is 21.7 Å². The first-order valence-corrected chi connectivity index (χ1v) is 6.58. The predicted octanol–water partition coefficient (Wildman–Crippen LogP) is 2.36. The molecule has 110 valence electrons. The molecule has 0 bridgehead atoms. The topological polar surface area (TPSA) is 70.8 Å². The van der Waals surface area contributed by atoms with Gasteiger partial charge >= 0.3 is 5.97 Å². The van der Waals surface area contributed by atoms with E-state index in [9.17, 15) is 14.7 Å². The maximum atomic E-state index is 12.3. The van der Waals surface area contributed by atoms with Crippen LogP contribution >= 0.6 is 0 Å². The van der Waals surface area contributed by atoms with Crippen LogP contribution in [-0.4, -0.2) is 35.0 Å². The van der Waals surface area contributed by atoms with Gasteiger partial charge in [0.25, 0.3) is 5.91 Å². The third-order valence-corrected chi connectivity index (χ3v) is 3.40. The summed E-state index contributed by atoms with van der Waals surface area (Å²) < 4.78 is 5.14. The third-order valence-electron chi connectivity index (χ3n) is 3.40. The average Bonchev–Trinajstić information content (AvgIpc) is 2.90. The molecule has 0 saturated carbocycles. The number of carbonyl (C=O) groups excluding carboxylic acids is 1. The number of carbonyl (C=O) groups is 2. The molecule has 0 unspecified atom stereocenters. The van der Waals surface area contributed by atoms with Gasteiger partial charge in [-0.05, 0) is 18.6 Å². The Morgan fingerprint density at radius 1 is 1.24 bits per heavy atom. The van der Waals surface area contributed by atoms with Crippen molar-refractivity contribution in [2.45, 2.75) is 19.4 Å². The minimum atomic E-state index is -1.04. The number of furan rings is 1. The van der Waals surface area contributed by atoms with Crippen molar-refractivity contribution in [1.29, 1.82) is 0 Å². The van der Waals surface area contributed by atoms with Crippen molar-refractivity contribution in [2.24, 2.45) is 0 Å². The molecule has 0 saturated heterocycles. The number of likely N-dealkylation sites (N-methyl/N-ethyl adjacent to an activating group) is 1. The second kappa shape index (κ2) is 6.26. The van der Waals surface area contributed by atoms with Crippen LogP contribution in [0.5, 0.6) is 0 Å². The number of hydrogen-bond acceptors (Lipinski definition) is 3. The van der Waals surface area contributed by atoms with E-state index in [1.54, 1.807) is 13.0 Å². The molecule has 0 spiro atoms. The molecule has 1 aromatic heterocycles. The van der Waals surface area contributed by atoms with Crippen LogP contribution in [0.4, 0.5) is 0 Å². The quantitative estimate of drug-likeness (QED) is 0.916. The van der Waals surface area contributed by atoms with Gasteiger partial charge in [0.15, 0.2) is 5.76 Å². The van der Waals surface area contributed by atoms with Gasteiger partial charge in [-0.25, -0.2) is 4.79 Å². The van der Waals surface area contributed by atoms with Crippen molar-refractivity contribution in [3.05, 3.63) is 59.5 Å². The molecule has 1 aromatic carbocycles. The first-order chi connectivity index (χ1) is 10.0. The van der Waals surface area contributed by atoms with Gasteiger partial charge in [0.2, 0.25) is 0 Å². The zero-order valence-electron chi connectivity index (χ0n) is 11.9. The van der Waals surface area contributed by atoms with Crippen LogP contribution in [0.3, 0.4) is 0 Å².